The van der Waals surface area contributed by atoms with Crippen LogP contribution < -0.4 is 9.62 Å². The number of rotatable bonds is 11. The smallest absolute Gasteiger partial charge is 0.244 e. The second-order valence-electron chi connectivity index (χ2n) is 9.31. The number of carbonyl (C=O) groups excluding carboxylic acids is 2. The van der Waals surface area contributed by atoms with Crippen molar-refractivity contribution in [2.75, 3.05) is 17.1 Å². The summed E-state index contributed by atoms with van der Waals surface area (Å²) in [4.78, 5) is 28.4. The number of hydrogen-bond acceptors (Lipinski definition) is 4. The maximum atomic E-state index is 13.7. The van der Waals surface area contributed by atoms with Crippen LogP contribution in [0.3, 0.4) is 0 Å². The standard InChI is InChI=1S/C27H39N3O4S/c1-8-22(6)28-27(32)24(9-2)29(17-23-12-10-11-19(3)16-23)26(31)18-30(35(7,33)34)25-14-13-20(4)15-21(25)5/h10-16,22,24H,8-9,17-18H2,1-7H3,(H,28,32)/t22-,24-/m0/s1. The molecule has 0 aliphatic carbocycles. The molecule has 2 aromatic rings. The van der Waals surface area contributed by atoms with Crippen LogP contribution in [0.15, 0.2) is 42.5 Å². The Morgan fingerprint density at radius 2 is 1.63 bits per heavy atom. The van der Waals surface area contributed by atoms with Crippen LogP contribution in [0, 0.1) is 20.8 Å². The molecule has 0 fully saturated rings. The van der Waals surface area contributed by atoms with Gasteiger partial charge in [0, 0.05) is 12.6 Å². The Bertz CT molecular complexity index is 1150. The number of anilines is 1. The van der Waals surface area contributed by atoms with E-state index in [9.17, 15) is 18.0 Å². The van der Waals surface area contributed by atoms with Gasteiger partial charge in [0.2, 0.25) is 21.8 Å². The summed E-state index contributed by atoms with van der Waals surface area (Å²) in [6.45, 7) is 11.3. The first-order valence-corrected chi connectivity index (χ1v) is 13.9. The molecule has 7 nitrogen and oxygen atoms in total. The van der Waals surface area contributed by atoms with E-state index in [4.69, 9.17) is 0 Å². The summed E-state index contributed by atoms with van der Waals surface area (Å²) in [5.74, 6) is -0.664. The minimum atomic E-state index is -3.75. The van der Waals surface area contributed by atoms with Crippen LogP contribution in [0.4, 0.5) is 5.69 Å². The Balaban J connectivity index is 2.47. The quantitative estimate of drug-likeness (QED) is 0.502. The van der Waals surface area contributed by atoms with E-state index in [2.05, 4.69) is 5.32 Å². The first-order valence-electron chi connectivity index (χ1n) is 12.1. The van der Waals surface area contributed by atoms with Crippen molar-refractivity contribution >= 4 is 27.5 Å². The summed E-state index contributed by atoms with van der Waals surface area (Å²) in [6.07, 6.45) is 2.27. The molecule has 0 saturated carbocycles. The maximum absolute atomic E-state index is 13.7. The van der Waals surface area contributed by atoms with Crippen molar-refractivity contribution in [2.24, 2.45) is 0 Å². The van der Waals surface area contributed by atoms with Gasteiger partial charge in [0.05, 0.1) is 11.9 Å². The number of sulfonamides is 1. The number of nitrogens with zero attached hydrogens (tertiary/aromatic N) is 2. The molecule has 0 aliphatic heterocycles. The van der Waals surface area contributed by atoms with Crippen molar-refractivity contribution < 1.29 is 18.0 Å². The highest BCUT2D eigenvalue weighted by Crippen LogP contribution is 2.24. The van der Waals surface area contributed by atoms with Gasteiger partial charge in [0.15, 0.2) is 0 Å². The average Bonchev–Trinajstić information content (AvgIpc) is 2.76. The predicted octanol–water partition coefficient (Wildman–Crippen LogP) is 4.10. The zero-order valence-corrected chi connectivity index (χ0v) is 22.8. The molecule has 0 bridgehead atoms. The zero-order chi connectivity index (χ0) is 26.3. The van der Waals surface area contributed by atoms with E-state index in [1.165, 1.54) is 4.90 Å². The highest BCUT2D eigenvalue weighted by atomic mass is 32.2. The van der Waals surface area contributed by atoms with Crippen LogP contribution in [0.2, 0.25) is 0 Å². The van der Waals surface area contributed by atoms with Gasteiger partial charge in [0.25, 0.3) is 0 Å². The summed E-state index contributed by atoms with van der Waals surface area (Å²) >= 11 is 0. The minimum Gasteiger partial charge on any atom is -0.352 e. The second kappa shape index (κ2) is 12.2. The van der Waals surface area contributed by atoms with Gasteiger partial charge in [0.1, 0.15) is 12.6 Å². The molecule has 0 aromatic heterocycles. The van der Waals surface area contributed by atoms with Gasteiger partial charge in [-0.05, 0) is 57.7 Å². The first kappa shape index (κ1) is 28.4. The Hall–Kier alpha value is -2.87. The third kappa shape index (κ3) is 7.82. The summed E-state index contributed by atoms with van der Waals surface area (Å²) in [6, 6.07) is 12.4. The molecular weight excluding hydrogens is 462 g/mol. The maximum Gasteiger partial charge on any atom is 0.244 e. The third-order valence-corrected chi connectivity index (χ3v) is 7.25. The number of nitrogens with one attached hydrogen (secondary N) is 1. The molecule has 192 valence electrons. The molecule has 8 heteroatoms. The van der Waals surface area contributed by atoms with Crippen molar-refractivity contribution in [1.29, 1.82) is 0 Å². The van der Waals surface area contributed by atoms with Gasteiger partial charge in [-0.2, -0.15) is 0 Å². The van der Waals surface area contributed by atoms with Gasteiger partial charge in [-0.3, -0.25) is 13.9 Å². The third-order valence-electron chi connectivity index (χ3n) is 6.12. The largest absolute Gasteiger partial charge is 0.352 e. The van der Waals surface area contributed by atoms with E-state index in [1.807, 2.05) is 77.9 Å². The molecule has 2 amide bonds. The molecule has 0 saturated heterocycles. The Morgan fingerprint density at radius 1 is 0.971 bits per heavy atom. The Morgan fingerprint density at radius 3 is 2.17 bits per heavy atom. The summed E-state index contributed by atoms with van der Waals surface area (Å²) < 4.78 is 26.7. The number of aryl methyl sites for hydroxylation is 3. The lowest BCUT2D eigenvalue weighted by Crippen LogP contribution is -2.53. The molecule has 35 heavy (non-hydrogen) atoms. The first-order chi connectivity index (χ1) is 16.4. The summed E-state index contributed by atoms with van der Waals surface area (Å²) in [5.41, 5.74) is 4.14. The molecule has 0 unspecified atom stereocenters. The van der Waals surface area contributed by atoms with Crippen molar-refractivity contribution in [2.45, 2.75) is 73.0 Å². The van der Waals surface area contributed by atoms with E-state index in [1.54, 1.807) is 6.07 Å². The van der Waals surface area contributed by atoms with E-state index in [0.717, 1.165) is 39.2 Å². The fraction of sp³-hybridized carbons (Fsp3) is 0.481. The highest BCUT2D eigenvalue weighted by molar-refractivity contribution is 7.92. The zero-order valence-electron chi connectivity index (χ0n) is 22.0. The SMILES string of the molecule is CC[C@H](C)NC(=O)[C@H](CC)N(Cc1cccc(C)c1)C(=O)CN(c1ccc(C)cc1C)S(C)(=O)=O. The van der Waals surface area contributed by atoms with Gasteiger partial charge in [-0.25, -0.2) is 8.42 Å². The minimum absolute atomic E-state index is 0.0322. The topological polar surface area (TPSA) is 86.8 Å². The average molecular weight is 502 g/mol. The summed E-state index contributed by atoms with van der Waals surface area (Å²) in [7, 11) is -3.75. The lowest BCUT2D eigenvalue weighted by molar-refractivity contribution is -0.140. The molecule has 1 N–H and O–H groups in total. The lowest BCUT2D eigenvalue weighted by Gasteiger charge is -2.33. The van der Waals surface area contributed by atoms with Crippen molar-refractivity contribution in [3.05, 3.63) is 64.7 Å². The van der Waals surface area contributed by atoms with E-state index >= 15 is 0 Å². The van der Waals surface area contributed by atoms with Crippen molar-refractivity contribution in [3.8, 4) is 0 Å². The second-order valence-corrected chi connectivity index (χ2v) is 11.2. The molecule has 2 aromatic carbocycles. The fourth-order valence-corrected chi connectivity index (χ4v) is 4.95. The fourth-order valence-electron chi connectivity index (χ4n) is 4.05. The normalized spacial score (nSPS) is 13.1. The van der Waals surface area contributed by atoms with Crippen LogP contribution in [-0.4, -0.2) is 50.0 Å². The molecule has 0 spiro atoms. The van der Waals surface area contributed by atoms with E-state index in [-0.39, 0.29) is 25.0 Å². The van der Waals surface area contributed by atoms with E-state index < -0.39 is 22.0 Å². The van der Waals surface area contributed by atoms with Crippen LogP contribution in [0.1, 0.15) is 55.9 Å². The monoisotopic (exact) mass is 501 g/mol. The van der Waals surface area contributed by atoms with Gasteiger partial charge < -0.3 is 10.2 Å². The van der Waals surface area contributed by atoms with Crippen molar-refractivity contribution in [1.82, 2.24) is 10.2 Å². The van der Waals surface area contributed by atoms with Crippen LogP contribution in [-0.2, 0) is 26.2 Å². The van der Waals surface area contributed by atoms with Crippen LogP contribution in [0.5, 0.6) is 0 Å². The number of amides is 2. The Labute approximate surface area is 210 Å². The molecule has 0 aliphatic rings. The molecule has 2 rings (SSSR count). The number of carbonyl (C=O) groups is 2. The van der Waals surface area contributed by atoms with Gasteiger partial charge >= 0.3 is 0 Å². The molecule has 2 atom stereocenters. The van der Waals surface area contributed by atoms with Crippen molar-refractivity contribution in [3.63, 3.8) is 0 Å². The molecule has 0 radical (unpaired) electrons. The summed E-state index contributed by atoms with van der Waals surface area (Å²) in [5, 5.41) is 2.98. The van der Waals surface area contributed by atoms with Crippen LogP contribution in [0.25, 0.3) is 0 Å². The van der Waals surface area contributed by atoms with E-state index in [0.29, 0.717) is 12.1 Å². The number of benzene rings is 2. The number of hydrogen-bond donors (Lipinski definition) is 1. The van der Waals surface area contributed by atoms with Gasteiger partial charge in [-0.15, -0.1) is 0 Å². The van der Waals surface area contributed by atoms with Gasteiger partial charge in [-0.1, -0.05) is 61.4 Å². The molecular formula is C27H39N3O4S. The van der Waals surface area contributed by atoms with Crippen LogP contribution >= 0.6 is 0 Å². The highest BCUT2D eigenvalue weighted by Gasteiger charge is 2.32. The Kier molecular flexibility index (Phi) is 9.89. The molecule has 0 heterocycles. The lowest BCUT2D eigenvalue weighted by atomic mass is 10.1. The predicted molar refractivity (Wildman–Crippen MR) is 142 cm³/mol.